The Morgan fingerprint density at radius 2 is 2.18 bits per heavy atom. The molecular formula is C13H19N3O. The van der Waals surface area contributed by atoms with Crippen LogP contribution in [0.1, 0.15) is 27.2 Å². The van der Waals surface area contributed by atoms with Crippen molar-refractivity contribution in [2.75, 3.05) is 13.1 Å². The summed E-state index contributed by atoms with van der Waals surface area (Å²) in [5, 5.41) is 3.23. The van der Waals surface area contributed by atoms with Crippen LogP contribution in [0.3, 0.4) is 0 Å². The molecule has 0 unspecified atom stereocenters. The smallest absolute Gasteiger partial charge is 0.240 e. The highest BCUT2D eigenvalue weighted by Crippen LogP contribution is 2.19. The number of hydrogen-bond donors (Lipinski definition) is 1. The van der Waals surface area contributed by atoms with Gasteiger partial charge in [0.1, 0.15) is 0 Å². The molecule has 4 heteroatoms. The van der Waals surface area contributed by atoms with E-state index in [9.17, 15) is 4.79 Å². The number of rotatable bonds is 1. The summed E-state index contributed by atoms with van der Waals surface area (Å²) in [6, 6.07) is 0. The van der Waals surface area contributed by atoms with Crippen molar-refractivity contribution >= 4 is 12.1 Å². The van der Waals surface area contributed by atoms with Gasteiger partial charge in [0.15, 0.2) is 0 Å². The van der Waals surface area contributed by atoms with E-state index in [0.29, 0.717) is 13.1 Å². The topological polar surface area (TPSA) is 44.7 Å². The fraction of sp³-hybridized carbons (Fsp3) is 0.538. The van der Waals surface area contributed by atoms with Gasteiger partial charge in [0, 0.05) is 36.1 Å². The van der Waals surface area contributed by atoms with Gasteiger partial charge in [-0.1, -0.05) is 0 Å². The van der Waals surface area contributed by atoms with Crippen LogP contribution in [0, 0.1) is 0 Å². The van der Waals surface area contributed by atoms with Crippen molar-refractivity contribution in [1.29, 1.82) is 0 Å². The number of hydrogen-bond acceptors (Lipinski definition) is 3. The normalized spacial score (nSPS) is 24.2. The van der Waals surface area contributed by atoms with E-state index in [1.165, 1.54) is 0 Å². The van der Waals surface area contributed by atoms with Crippen LogP contribution in [-0.2, 0) is 4.79 Å². The molecule has 2 rings (SSSR count). The van der Waals surface area contributed by atoms with Gasteiger partial charge in [0.05, 0.1) is 6.54 Å². The molecule has 2 aliphatic heterocycles. The summed E-state index contributed by atoms with van der Waals surface area (Å²) < 4.78 is 0. The molecule has 4 nitrogen and oxygen atoms in total. The lowest BCUT2D eigenvalue weighted by Crippen LogP contribution is -2.59. The van der Waals surface area contributed by atoms with Gasteiger partial charge in [-0.05, 0) is 32.9 Å². The lowest BCUT2D eigenvalue weighted by atomic mass is 10.0. The molecule has 0 aromatic rings. The lowest BCUT2D eigenvalue weighted by Gasteiger charge is -2.39. The SMILES string of the molecule is CC1=CC=C(N2CC(C)(C)NCC2=O)CC=N1. The zero-order valence-electron chi connectivity index (χ0n) is 10.7. The maximum absolute atomic E-state index is 11.9. The molecule has 0 spiro atoms. The first-order valence-corrected chi connectivity index (χ1v) is 5.93. The summed E-state index contributed by atoms with van der Waals surface area (Å²) in [5.41, 5.74) is 1.98. The largest absolute Gasteiger partial charge is 0.313 e. The van der Waals surface area contributed by atoms with Crippen molar-refractivity contribution in [3.8, 4) is 0 Å². The van der Waals surface area contributed by atoms with Crippen LogP contribution < -0.4 is 5.32 Å². The lowest BCUT2D eigenvalue weighted by molar-refractivity contribution is -0.132. The fourth-order valence-corrected chi connectivity index (χ4v) is 2.02. The molecule has 0 aromatic carbocycles. The van der Waals surface area contributed by atoms with Crippen LogP contribution in [0.25, 0.3) is 0 Å². The number of piperazine rings is 1. The van der Waals surface area contributed by atoms with E-state index >= 15 is 0 Å². The summed E-state index contributed by atoms with van der Waals surface area (Å²) in [4.78, 5) is 18.1. The minimum absolute atomic E-state index is 0.0308. The fourth-order valence-electron chi connectivity index (χ4n) is 2.02. The summed E-state index contributed by atoms with van der Waals surface area (Å²) >= 11 is 0. The zero-order valence-corrected chi connectivity index (χ0v) is 10.7. The summed E-state index contributed by atoms with van der Waals surface area (Å²) in [6.07, 6.45) is 6.55. The van der Waals surface area contributed by atoms with Crippen molar-refractivity contribution in [3.05, 3.63) is 23.5 Å². The molecular weight excluding hydrogens is 214 g/mol. The predicted molar refractivity (Wildman–Crippen MR) is 68.7 cm³/mol. The molecule has 17 heavy (non-hydrogen) atoms. The number of nitrogens with one attached hydrogen (secondary N) is 1. The first kappa shape index (κ1) is 12.0. The maximum atomic E-state index is 11.9. The quantitative estimate of drug-likeness (QED) is 0.745. The van der Waals surface area contributed by atoms with E-state index in [4.69, 9.17) is 0 Å². The third-order valence-electron chi connectivity index (χ3n) is 3.03. The molecule has 1 amide bonds. The van der Waals surface area contributed by atoms with Crippen molar-refractivity contribution in [3.63, 3.8) is 0 Å². The molecule has 1 fully saturated rings. The molecule has 0 bridgehead atoms. The third kappa shape index (κ3) is 2.82. The molecule has 1 saturated heterocycles. The van der Waals surface area contributed by atoms with Gasteiger partial charge in [-0.25, -0.2) is 0 Å². The number of carbonyl (C=O) groups is 1. The number of allylic oxidation sites excluding steroid dienone is 4. The van der Waals surface area contributed by atoms with E-state index in [1.54, 1.807) is 0 Å². The van der Waals surface area contributed by atoms with Crippen LogP contribution in [0.2, 0.25) is 0 Å². The standard InChI is InChI=1S/C13H19N3O/c1-10-4-5-11(6-7-14-10)16-9-13(2,3)15-8-12(16)17/h4-5,7,15H,6,8-9H2,1-3H3. The number of amides is 1. The van der Waals surface area contributed by atoms with Crippen LogP contribution in [0.5, 0.6) is 0 Å². The molecule has 0 radical (unpaired) electrons. The van der Waals surface area contributed by atoms with Crippen LogP contribution in [0.15, 0.2) is 28.5 Å². The Hall–Kier alpha value is -1.42. The van der Waals surface area contributed by atoms with Crippen LogP contribution in [0.4, 0.5) is 0 Å². The Balaban J connectivity index is 2.21. The predicted octanol–water partition coefficient (Wildman–Crippen LogP) is 1.46. The summed E-state index contributed by atoms with van der Waals surface area (Å²) in [7, 11) is 0. The van der Waals surface area contributed by atoms with Crippen LogP contribution >= 0.6 is 0 Å². The Labute approximate surface area is 102 Å². The number of carbonyl (C=O) groups excluding carboxylic acids is 1. The molecule has 0 aliphatic carbocycles. The first-order chi connectivity index (χ1) is 7.98. The van der Waals surface area contributed by atoms with Gasteiger partial charge in [0.25, 0.3) is 0 Å². The minimum Gasteiger partial charge on any atom is -0.313 e. The number of aliphatic imine (C=N–C) groups is 1. The van der Waals surface area contributed by atoms with Gasteiger partial charge < -0.3 is 10.2 Å². The van der Waals surface area contributed by atoms with Crippen molar-refractivity contribution < 1.29 is 4.79 Å². The molecule has 2 heterocycles. The van der Waals surface area contributed by atoms with Gasteiger partial charge in [-0.3, -0.25) is 9.79 Å². The first-order valence-electron chi connectivity index (χ1n) is 5.93. The van der Waals surface area contributed by atoms with E-state index < -0.39 is 0 Å². The molecule has 0 aromatic heterocycles. The Bertz CT molecular complexity index is 418. The van der Waals surface area contributed by atoms with E-state index in [-0.39, 0.29) is 11.4 Å². The van der Waals surface area contributed by atoms with Crippen LogP contribution in [-0.4, -0.2) is 35.7 Å². The molecule has 2 aliphatic rings. The highest BCUT2D eigenvalue weighted by atomic mass is 16.2. The van der Waals surface area contributed by atoms with Gasteiger partial charge in [0.2, 0.25) is 5.91 Å². The van der Waals surface area contributed by atoms with Gasteiger partial charge >= 0.3 is 0 Å². The maximum Gasteiger partial charge on any atom is 0.240 e. The highest BCUT2D eigenvalue weighted by Gasteiger charge is 2.32. The van der Waals surface area contributed by atoms with Gasteiger partial charge in [-0.2, -0.15) is 0 Å². The Morgan fingerprint density at radius 1 is 1.41 bits per heavy atom. The zero-order chi connectivity index (χ0) is 12.5. The summed E-state index contributed by atoms with van der Waals surface area (Å²) in [5.74, 6) is 0.136. The van der Waals surface area contributed by atoms with Crippen molar-refractivity contribution in [2.45, 2.75) is 32.7 Å². The monoisotopic (exact) mass is 233 g/mol. The number of nitrogens with zero attached hydrogens (tertiary/aromatic N) is 2. The van der Waals surface area contributed by atoms with E-state index in [1.807, 2.05) is 30.2 Å². The third-order valence-corrected chi connectivity index (χ3v) is 3.03. The molecule has 92 valence electrons. The summed E-state index contributed by atoms with van der Waals surface area (Å²) in [6.45, 7) is 7.29. The highest BCUT2D eigenvalue weighted by molar-refractivity contribution is 5.82. The van der Waals surface area contributed by atoms with E-state index in [0.717, 1.165) is 17.8 Å². The average molecular weight is 233 g/mol. The average Bonchev–Trinajstić information content (AvgIpc) is 2.47. The minimum atomic E-state index is -0.0308. The second kappa shape index (κ2) is 4.45. The van der Waals surface area contributed by atoms with Crippen molar-refractivity contribution in [1.82, 2.24) is 10.2 Å². The second-order valence-electron chi connectivity index (χ2n) is 5.20. The molecule has 1 N–H and O–H groups in total. The Kier molecular flexibility index (Phi) is 3.15. The Morgan fingerprint density at radius 3 is 2.94 bits per heavy atom. The molecule has 0 saturated carbocycles. The van der Waals surface area contributed by atoms with Gasteiger partial charge in [-0.15, -0.1) is 0 Å². The molecule has 0 atom stereocenters. The van der Waals surface area contributed by atoms with E-state index in [2.05, 4.69) is 24.2 Å². The second-order valence-corrected chi connectivity index (χ2v) is 5.20. The van der Waals surface area contributed by atoms with Crippen molar-refractivity contribution in [2.24, 2.45) is 4.99 Å².